The van der Waals surface area contributed by atoms with Crippen LogP contribution in [0, 0.1) is 0 Å². The molecule has 1 rings (SSSR count). The van der Waals surface area contributed by atoms with Crippen LogP contribution in [0.4, 0.5) is 4.79 Å². The number of hydrogen-bond donors (Lipinski definition) is 3. The molecule has 0 aliphatic carbocycles. The van der Waals surface area contributed by atoms with Gasteiger partial charge in [0.05, 0.1) is 0 Å². The Kier molecular flexibility index (Phi) is 7.41. The third-order valence-electron chi connectivity index (χ3n) is 3.54. The van der Waals surface area contributed by atoms with Crippen molar-refractivity contribution in [3.8, 4) is 0 Å². The van der Waals surface area contributed by atoms with E-state index in [1.165, 1.54) is 0 Å². The fourth-order valence-corrected chi connectivity index (χ4v) is 2.14. The van der Waals surface area contributed by atoms with E-state index < -0.39 is 12.0 Å². The molecule has 3 N–H and O–H groups in total. The molecular formula is C13H26N4O4. The van der Waals surface area contributed by atoms with Crippen molar-refractivity contribution in [2.45, 2.75) is 12.5 Å². The highest BCUT2D eigenvalue weighted by Crippen LogP contribution is 2.03. The lowest BCUT2D eigenvalue weighted by molar-refractivity contribution is -0.139. The van der Waals surface area contributed by atoms with Crippen LogP contribution >= 0.6 is 0 Å². The summed E-state index contributed by atoms with van der Waals surface area (Å²) >= 11 is 0. The molecule has 1 aliphatic heterocycles. The lowest BCUT2D eigenvalue weighted by atomic mass is 10.2. The van der Waals surface area contributed by atoms with Crippen LogP contribution in [0.15, 0.2) is 0 Å². The van der Waals surface area contributed by atoms with Gasteiger partial charge in [0.1, 0.15) is 6.04 Å². The van der Waals surface area contributed by atoms with Gasteiger partial charge in [0, 0.05) is 52.3 Å². The number of carboxylic acids is 1. The van der Waals surface area contributed by atoms with Gasteiger partial charge in [0.25, 0.3) is 0 Å². The van der Waals surface area contributed by atoms with E-state index in [-0.39, 0.29) is 19.1 Å². The third kappa shape index (κ3) is 6.28. The second kappa shape index (κ2) is 8.81. The number of amides is 2. The van der Waals surface area contributed by atoms with Crippen LogP contribution in [0.5, 0.6) is 0 Å². The quantitative estimate of drug-likeness (QED) is 0.541. The predicted molar refractivity (Wildman–Crippen MR) is 78.2 cm³/mol. The summed E-state index contributed by atoms with van der Waals surface area (Å²) in [4.78, 5) is 29.0. The minimum Gasteiger partial charge on any atom is -0.480 e. The molecule has 0 aromatic carbocycles. The number of urea groups is 1. The van der Waals surface area contributed by atoms with Gasteiger partial charge in [-0.25, -0.2) is 9.59 Å². The number of piperazine rings is 1. The van der Waals surface area contributed by atoms with E-state index in [9.17, 15) is 9.59 Å². The molecule has 1 atom stereocenters. The highest BCUT2D eigenvalue weighted by Gasteiger charge is 2.25. The summed E-state index contributed by atoms with van der Waals surface area (Å²) in [6.45, 7) is 4.43. The van der Waals surface area contributed by atoms with Crippen molar-refractivity contribution < 1.29 is 19.8 Å². The van der Waals surface area contributed by atoms with Crippen LogP contribution in [0.3, 0.4) is 0 Å². The standard InChI is InChI=1S/C13H26N4O4/c1-15(2)4-5-16-6-8-17(9-7-16)13(21)14-11(3-10-18)12(19)20/h11,18H,3-10H2,1-2H3,(H,14,21)(H,19,20)/t11-/m0/s1. The molecule has 1 aliphatic rings. The third-order valence-corrected chi connectivity index (χ3v) is 3.54. The number of carbonyl (C=O) groups is 2. The molecule has 0 bridgehead atoms. The van der Waals surface area contributed by atoms with Gasteiger partial charge in [-0.1, -0.05) is 0 Å². The van der Waals surface area contributed by atoms with Crippen molar-refractivity contribution in [1.29, 1.82) is 0 Å². The first-order valence-corrected chi connectivity index (χ1v) is 7.20. The molecule has 1 saturated heterocycles. The van der Waals surface area contributed by atoms with E-state index in [2.05, 4.69) is 15.1 Å². The van der Waals surface area contributed by atoms with Crippen LogP contribution in [0.1, 0.15) is 6.42 Å². The van der Waals surface area contributed by atoms with Gasteiger partial charge in [0.15, 0.2) is 0 Å². The van der Waals surface area contributed by atoms with Crippen molar-refractivity contribution in [3.05, 3.63) is 0 Å². The fourth-order valence-electron chi connectivity index (χ4n) is 2.14. The van der Waals surface area contributed by atoms with Crippen molar-refractivity contribution in [2.24, 2.45) is 0 Å². The van der Waals surface area contributed by atoms with Crippen LogP contribution < -0.4 is 5.32 Å². The Morgan fingerprint density at radius 1 is 1.24 bits per heavy atom. The highest BCUT2D eigenvalue weighted by molar-refractivity contribution is 5.82. The first-order valence-electron chi connectivity index (χ1n) is 7.20. The van der Waals surface area contributed by atoms with Crippen LogP contribution in [0.25, 0.3) is 0 Å². The Morgan fingerprint density at radius 2 is 1.86 bits per heavy atom. The molecule has 122 valence electrons. The summed E-state index contributed by atoms with van der Waals surface area (Å²) in [5.41, 5.74) is 0. The summed E-state index contributed by atoms with van der Waals surface area (Å²) < 4.78 is 0. The first-order chi connectivity index (χ1) is 9.93. The minimum atomic E-state index is -1.12. The van der Waals surface area contributed by atoms with Gasteiger partial charge < -0.3 is 25.3 Å². The number of hydrogen-bond acceptors (Lipinski definition) is 5. The minimum absolute atomic E-state index is 0.0177. The zero-order chi connectivity index (χ0) is 15.8. The molecule has 8 nitrogen and oxygen atoms in total. The summed E-state index contributed by atoms with van der Waals surface area (Å²) in [5.74, 6) is -1.12. The lowest BCUT2D eigenvalue weighted by Crippen LogP contribution is -2.55. The van der Waals surface area contributed by atoms with Crippen LogP contribution in [-0.2, 0) is 4.79 Å². The van der Waals surface area contributed by atoms with E-state index in [1.54, 1.807) is 4.90 Å². The van der Waals surface area contributed by atoms with Gasteiger partial charge in [-0.2, -0.15) is 0 Å². The lowest BCUT2D eigenvalue weighted by Gasteiger charge is -2.35. The maximum Gasteiger partial charge on any atom is 0.326 e. The number of carboxylic acid groups (broad SMARTS) is 1. The van der Waals surface area contributed by atoms with E-state index in [0.29, 0.717) is 13.1 Å². The number of likely N-dealkylation sites (N-methyl/N-ethyl adjacent to an activating group) is 1. The zero-order valence-electron chi connectivity index (χ0n) is 12.8. The van der Waals surface area contributed by atoms with Crippen molar-refractivity contribution >= 4 is 12.0 Å². The number of carbonyl (C=O) groups excluding carboxylic acids is 1. The van der Waals surface area contributed by atoms with E-state index in [0.717, 1.165) is 26.2 Å². The molecule has 2 amide bonds. The second-order valence-corrected chi connectivity index (χ2v) is 5.48. The number of rotatable bonds is 7. The summed E-state index contributed by atoms with van der Waals surface area (Å²) in [6.07, 6.45) is 0.0177. The molecule has 0 aromatic rings. The monoisotopic (exact) mass is 302 g/mol. The Hall–Kier alpha value is -1.38. The maximum absolute atomic E-state index is 12.0. The SMILES string of the molecule is CN(C)CCN1CCN(C(=O)N[C@@H](CCO)C(=O)O)CC1. The van der Waals surface area contributed by atoms with Gasteiger partial charge in [0.2, 0.25) is 0 Å². The van der Waals surface area contributed by atoms with E-state index in [4.69, 9.17) is 10.2 Å². The molecular weight excluding hydrogens is 276 g/mol. The summed E-state index contributed by atoms with van der Waals surface area (Å²) in [5, 5.41) is 20.2. The Balaban J connectivity index is 2.35. The smallest absolute Gasteiger partial charge is 0.326 e. The molecule has 0 saturated carbocycles. The molecule has 8 heteroatoms. The van der Waals surface area contributed by atoms with Gasteiger partial charge >= 0.3 is 12.0 Å². The van der Waals surface area contributed by atoms with Gasteiger partial charge in [-0.15, -0.1) is 0 Å². The zero-order valence-corrected chi connectivity index (χ0v) is 12.8. The average Bonchev–Trinajstić information content (AvgIpc) is 2.45. The van der Waals surface area contributed by atoms with Gasteiger partial charge in [-0.3, -0.25) is 4.90 Å². The molecule has 0 radical (unpaired) electrons. The summed E-state index contributed by atoms with van der Waals surface area (Å²) in [6, 6.07) is -1.41. The molecule has 0 aromatic heterocycles. The Labute approximate surface area is 125 Å². The largest absolute Gasteiger partial charge is 0.480 e. The highest BCUT2D eigenvalue weighted by atomic mass is 16.4. The number of aliphatic hydroxyl groups excluding tert-OH is 1. The number of aliphatic hydroxyl groups is 1. The van der Waals surface area contributed by atoms with Crippen molar-refractivity contribution in [1.82, 2.24) is 20.0 Å². The number of nitrogens with one attached hydrogen (secondary N) is 1. The normalized spacial score (nSPS) is 17.8. The Bertz CT molecular complexity index is 343. The van der Waals surface area contributed by atoms with Crippen molar-refractivity contribution in [2.75, 3.05) is 60.0 Å². The molecule has 0 unspecified atom stereocenters. The first kappa shape index (κ1) is 17.7. The van der Waals surface area contributed by atoms with E-state index >= 15 is 0 Å². The van der Waals surface area contributed by atoms with E-state index in [1.807, 2.05) is 14.1 Å². The Morgan fingerprint density at radius 3 is 2.33 bits per heavy atom. The van der Waals surface area contributed by atoms with Gasteiger partial charge in [-0.05, 0) is 14.1 Å². The van der Waals surface area contributed by atoms with Crippen LogP contribution in [0.2, 0.25) is 0 Å². The maximum atomic E-state index is 12.0. The number of aliphatic carboxylic acids is 1. The molecule has 1 heterocycles. The van der Waals surface area contributed by atoms with Crippen LogP contribution in [-0.4, -0.2) is 103 Å². The second-order valence-electron chi connectivity index (χ2n) is 5.48. The molecule has 21 heavy (non-hydrogen) atoms. The fraction of sp³-hybridized carbons (Fsp3) is 0.846. The molecule has 0 spiro atoms. The summed E-state index contributed by atoms with van der Waals surface area (Å²) in [7, 11) is 4.05. The topological polar surface area (TPSA) is 96.4 Å². The average molecular weight is 302 g/mol. The van der Waals surface area contributed by atoms with Crippen molar-refractivity contribution in [3.63, 3.8) is 0 Å². The number of nitrogens with zero attached hydrogens (tertiary/aromatic N) is 3. The molecule has 1 fully saturated rings. The predicted octanol–water partition coefficient (Wildman–Crippen LogP) is -1.29.